The summed E-state index contributed by atoms with van der Waals surface area (Å²) in [5.74, 6) is -1.65. The second-order valence-electron chi connectivity index (χ2n) is 3.11. The number of hydrogen-bond acceptors (Lipinski definition) is 3. The molecule has 0 fully saturated rings. The third kappa shape index (κ3) is 1.35. The maximum Gasteiger partial charge on any atom is 0.319 e. The lowest BCUT2D eigenvalue weighted by atomic mass is 9.98. The first kappa shape index (κ1) is 8.74. The minimum Gasteiger partial charge on any atom is -0.481 e. The number of carboxylic acid groups (broad SMARTS) is 1. The van der Waals surface area contributed by atoms with Crippen molar-refractivity contribution in [3.8, 4) is 5.75 Å². The van der Waals surface area contributed by atoms with Crippen LogP contribution in [0, 0.1) is 0 Å². The van der Waals surface area contributed by atoms with Crippen LogP contribution in [-0.2, 0) is 9.59 Å². The van der Waals surface area contributed by atoms with Crippen LogP contribution >= 0.6 is 0 Å². The fourth-order valence-corrected chi connectivity index (χ4v) is 1.54. The van der Waals surface area contributed by atoms with Crippen molar-refractivity contribution in [3.63, 3.8) is 0 Å². The smallest absolute Gasteiger partial charge is 0.319 e. The lowest BCUT2D eigenvalue weighted by Crippen LogP contribution is -2.14. The predicted octanol–water partition coefficient (Wildman–Crippen LogP) is 1.16. The van der Waals surface area contributed by atoms with E-state index in [1.165, 1.54) is 0 Å². The summed E-state index contributed by atoms with van der Waals surface area (Å²) in [4.78, 5) is 21.8. The second kappa shape index (κ2) is 3.14. The minimum atomic E-state index is -0.997. The Balaban J connectivity index is 2.34. The number of hydrogen-bond donors (Lipinski definition) is 1. The maximum atomic E-state index is 11.3. The topological polar surface area (TPSA) is 63.6 Å². The van der Waals surface area contributed by atoms with Crippen LogP contribution in [0.15, 0.2) is 24.3 Å². The first-order chi connectivity index (χ1) is 6.68. The van der Waals surface area contributed by atoms with Crippen molar-refractivity contribution < 1.29 is 19.4 Å². The van der Waals surface area contributed by atoms with Crippen LogP contribution in [0.5, 0.6) is 5.75 Å². The van der Waals surface area contributed by atoms with Crippen molar-refractivity contribution in [2.24, 2.45) is 0 Å². The molecule has 1 aromatic rings. The van der Waals surface area contributed by atoms with Crippen LogP contribution in [0.4, 0.5) is 0 Å². The molecular formula is C10H8O4. The van der Waals surface area contributed by atoms with Gasteiger partial charge in [0.15, 0.2) is 0 Å². The fraction of sp³-hybridized carbons (Fsp3) is 0.200. The van der Waals surface area contributed by atoms with Gasteiger partial charge in [-0.2, -0.15) is 0 Å². The largest absolute Gasteiger partial charge is 0.481 e. The van der Waals surface area contributed by atoms with Gasteiger partial charge in [-0.3, -0.25) is 9.59 Å². The molecule has 1 heterocycles. The molecule has 2 rings (SSSR count). The average Bonchev–Trinajstić information content (AvgIpc) is 2.43. The van der Waals surface area contributed by atoms with E-state index in [0.717, 1.165) is 0 Å². The number of aliphatic carboxylic acids is 1. The number of carbonyl (C=O) groups excluding carboxylic acids is 1. The first-order valence-corrected chi connectivity index (χ1v) is 4.21. The molecule has 1 aliphatic rings. The van der Waals surface area contributed by atoms with Crippen LogP contribution in [0.3, 0.4) is 0 Å². The molecule has 1 aromatic carbocycles. The van der Waals surface area contributed by atoms with Gasteiger partial charge in [0.05, 0.1) is 12.3 Å². The van der Waals surface area contributed by atoms with Crippen LogP contribution < -0.4 is 4.74 Å². The SMILES string of the molecule is O=C(O)C[C@@H]1C(=O)Oc2ccccc21. The molecule has 0 spiro atoms. The number of rotatable bonds is 2. The summed E-state index contributed by atoms with van der Waals surface area (Å²) in [6, 6.07) is 6.88. The lowest BCUT2D eigenvalue weighted by molar-refractivity contribution is -0.142. The molecule has 0 unspecified atom stereocenters. The normalized spacial score (nSPS) is 18.9. The van der Waals surface area contributed by atoms with Crippen LogP contribution in [0.2, 0.25) is 0 Å². The van der Waals surface area contributed by atoms with Crippen molar-refractivity contribution in [2.45, 2.75) is 12.3 Å². The van der Waals surface area contributed by atoms with Gasteiger partial charge in [-0.25, -0.2) is 0 Å². The van der Waals surface area contributed by atoms with E-state index in [0.29, 0.717) is 11.3 Å². The highest BCUT2D eigenvalue weighted by Gasteiger charge is 2.34. The highest BCUT2D eigenvalue weighted by atomic mass is 16.5. The molecule has 1 aliphatic heterocycles. The Morgan fingerprint density at radius 3 is 2.86 bits per heavy atom. The van der Waals surface area contributed by atoms with Gasteiger partial charge in [0.25, 0.3) is 0 Å². The van der Waals surface area contributed by atoms with E-state index in [9.17, 15) is 9.59 Å². The minimum absolute atomic E-state index is 0.212. The van der Waals surface area contributed by atoms with Crippen molar-refractivity contribution >= 4 is 11.9 Å². The number of carboxylic acids is 1. The summed E-state index contributed by atoms with van der Waals surface area (Å²) in [5, 5.41) is 8.61. The van der Waals surface area contributed by atoms with Gasteiger partial charge in [-0.05, 0) is 6.07 Å². The summed E-state index contributed by atoms with van der Waals surface area (Å²) in [6.45, 7) is 0. The van der Waals surface area contributed by atoms with Gasteiger partial charge in [-0.15, -0.1) is 0 Å². The quantitative estimate of drug-likeness (QED) is 0.564. The molecule has 0 aliphatic carbocycles. The molecule has 0 amide bonds. The number of para-hydroxylation sites is 1. The molecule has 1 atom stereocenters. The van der Waals surface area contributed by atoms with Crippen molar-refractivity contribution in [1.82, 2.24) is 0 Å². The van der Waals surface area contributed by atoms with Gasteiger partial charge >= 0.3 is 11.9 Å². The van der Waals surface area contributed by atoms with Gasteiger partial charge in [0, 0.05) is 5.56 Å². The molecule has 0 radical (unpaired) electrons. The zero-order chi connectivity index (χ0) is 10.1. The number of benzene rings is 1. The average molecular weight is 192 g/mol. The summed E-state index contributed by atoms with van der Waals surface area (Å²) >= 11 is 0. The number of fused-ring (bicyclic) bond motifs is 1. The third-order valence-electron chi connectivity index (χ3n) is 2.17. The standard InChI is InChI=1S/C10H8O4/c11-9(12)5-7-6-3-1-2-4-8(6)14-10(7)13/h1-4,7H,5H2,(H,11,12)/t7-/m0/s1. The molecule has 4 nitrogen and oxygen atoms in total. The van der Waals surface area contributed by atoms with Gasteiger partial charge in [-0.1, -0.05) is 18.2 Å². The second-order valence-corrected chi connectivity index (χ2v) is 3.11. The Bertz CT molecular complexity index is 397. The van der Waals surface area contributed by atoms with Gasteiger partial charge in [0.2, 0.25) is 0 Å². The Hall–Kier alpha value is -1.84. The molecule has 1 N–H and O–H groups in total. The molecular weight excluding hydrogens is 184 g/mol. The number of carbonyl (C=O) groups is 2. The van der Waals surface area contributed by atoms with Gasteiger partial charge in [0.1, 0.15) is 5.75 Å². The van der Waals surface area contributed by atoms with E-state index >= 15 is 0 Å². The van der Waals surface area contributed by atoms with E-state index in [-0.39, 0.29) is 6.42 Å². The zero-order valence-corrected chi connectivity index (χ0v) is 7.27. The van der Waals surface area contributed by atoms with Crippen LogP contribution in [0.1, 0.15) is 17.9 Å². The molecule has 0 aromatic heterocycles. The predicted molar refractivity (Wildman–Crippen MR) is 47.1 cm³/mol. The van der Waals surface area contributed by atoms with E-state index in [4.69, 9.17) is 9.84 Å². The van der Waals surface area contributed by atoms with Crippen molar-refractivity contribution in [3.05, 3.63) is 29.8 Å². The zero-order valence-electron chi connectivity index (χ0n) is 7.27. The van der Waals surface area contributed by atoms with E-state index in [1.807, 2.05) is 0 Å². The Morgan fingerprint density at radius 1 is 1.43 bits per heavy atom. The summed E-state index contributed by atoms with van der Waals surface area (Å²) in [5.41, 5.74) is 0.667. The van der Waals surface area contributed by atoms with E-state index < -0.39 is 17.9 Å². The van der Waals surface area contributed by atoms with Crippen molar-refractivity contribution in [1.29, 1.82) is 0 Å². The molecule has 14 heavy (non-hydrogen) atoms. The maximum absolute atomic E-state index is 11.3. The summed E-state index contributed by atoms with van der Waals surface area (Å²) in [6.07, 6.45) is -0.212. The molecule has 0 bridgehead atoms. The van der Waals surface area contributed by atoms with E-state index in [1.54, 1.807) is 24.3 Å². The Kier molecular flexibility index (Phi) is 1.96. The van der Waals surface area contributed by atoms with Gasteiger partial charge < -0.3 is 9.84 Å². The molecule has 0 saturated heterocycles. The highest BCUT2D eigenvalue weighted by molar-refractivity contribution is 5.89. The number of esters is 1. The van der Waals surface area contributed by atoms with E-state index in [2.05, 4.69) is 0 Å². The number of ether oxygens (including phenoxy) is 1. The Labute approximate surface area is 80.1 Å². The first-order valence-electron chi connectivity index (χ1n) is 4.21. The molecule has 72 valence electrons. The monoisotopic (exact) mass is 192 g/mol. The summed E-state index contributed by atoms with van der Waals surface area (Å²) in [7, 11) is 0. The molecule has 4 heteroatoms. The Morgan fingerprint density at radius 2 is 2.14 bits per heavy atom. The molecule has 0 saturated carbocycles. The van der Waals surface area contributed by atoms with Crippen molar-refractivity contribution in [2.75, 3.05) is 0 Å². The fourth-order valence-electron chi connectivity index (χ4n) is 1.54. The summed E-state index contributed by atoms with van der Waals surface area (Å²) < 4.78 is 4.92. The van der Waals surface area contributed by atoms with Crippen LogP contribution in [0.25, 0.3) is 0 Å². The third-order valence-corrected chi connectivity index (χ3v) is 2.17. The van der Waals surface area contributed by atoms with Crippen LogP contribution in [-0.4, -0.2) is 17.0 Å². The highest BCUT2D eigenvalue weighted by Crippen LogP contribution is 2.36. The lowest BCUT2D eigenvalue weighted by Gasteiger charge is -2.01.